The zero-order chi connectivity index (χ0) is 15.5. The fourth-order valence-corrected chi connectivity index (χ4v) is 2.75. The van der Waals surface area contributed by atoms with Crippen molar-refractivity contribution in [2.75, 3.05) is 0 Å². The van der Waals surface area contributed by atoms with E-state index in [1.54, 1.807) is 0 Å². The predicted octanol–water partition coefficient (Wildman–Crippen LogP) is 5.62. The van der Waals surface area contributed by atoms with E-state index in [-0.39, 0.29) is 11.7 Å². The number of benzene rings is 3. The van der Waals surface area contributed by atoms with Gasteiger partial charge in [-0.2, -0.15) is 0 Å². The Hall–Kier alpha value is -2.41. The SMILES string of the molecule is Cc1ccc(C(c2ccc(C)cc2)c2ccc(F)cc2)cc1. The molecule has 0 radical (unpaired) electrons. The molecule has 0 aliphatic heterocycles. The Balaban J connectivity index is 2.10. The summed E-state index contributed by atoms with van der Waals surface area (Å²) in [5.74, 6) is -0.0721. The van der Waals surface area contributed by atoms with Gasteiger partial charge in [0.05, 0.1) is 0 Å². The average Bonchev–Trinajstić information content (AvgIpc) is 2.53. The molecule has 0 aliphatic rings. The lowest BCUT2D eigenvalue weighted by atomic mass is 9.84. The molecule has 0 atom stereocenters. The van der Waals surface area contributed by atoms with E-state index in [1.807, 2.05) is 12.1 Å². The first-order valence-corrected chi connectivity index (χ1v) is 7.52. The highest BCUT2D eigenvalue weighted by Gasteiger charge is 2.16. The molecule has 110 valence electrons. The molecule has 0 spiro atoms. The molecular weight excluding hydrogens is 271 g/mol. The predicted molar refractivity (Wildman–Crippen MR) is 89.7 cm³/mol. The highest BCUT2D eigenvalue weighted by molar-refractivity contribution is 5.44. The van der Waals surface area contributed by atoms with Crippen molar-refractivity contribution in [3.05, 3.63) is 106 Å². The molecule has 0 saturated carbocycles. The number of rotatable bonds is 3. The molecule has 0 aliphatic carbocycles. The quantitative estimate of drug-likeness (QED) is 0.549. The molecule has 0 nitrogen and oxygen atoms in total. The van der Waals surface area contributed by atoms with Crippen LogP contribution in [-0.4, -0.2) is 0 Å². The summed E-state index contributed by atoms with van der Waals surface area (Å²) in [6.45, 7) is 4.17. The first-order valence-electron chi connectivity index (χ1n) is 7.52. The second kappa shape index (κ2) is 6.15. The van der Waals surface area contributed by atoms with E-state index in [1.165, 1.54) is 34.4 Å². The maximum atomic E-state index is 13.3. The van der Waals surface area contributed by atoms with Crippen molar-refractivity contribution in [3.63, 3.8) is 0 Å². The highest BCUT2D eigenvalue weighted by atomic mass is 19.1. The van der Waals surface area contributed by atoms with Gasteiger partial charge in [0.2, 0.25) is 0 Å². The summed E-state index contributed by atoms with van der Waals surface area (Å²) < 4.78 is 13.3. The van der Waals surface area contributed by atoms with Crippen molar-refractivity contribution < 1.29 is 4.39 Å². The number of hydrogen-bond donors (Lipinski definition) is 0. The minimum atomic E-state index is -0.199. The van der Waals surface area contributed by atoms with Gasteiger partial charge in [0, 0.05) is 5.92 Å². The summed E-state index contributed by atoms with van der Waals surface area (Å²) in [6.07, 6.45) is 0. The third-order valence-corrected chi connectivity index (χ3v) is 4.02. The number of halogens is 1. The van der Waals surface area contributed by atoms with Crippen molar-refractivity contribution in [1.29, 1.82) is 0 Å². The molecular formula is C21H19F. The van der Waals surface area contributed by atoms with Gasteiger partial charge in [-0.1, -0.05) is 71.8 Å². The van der Waals surface area contributed by atoms with E-state index >= 15 is 0 Å². The molecule has 0 N–H and O–H groups in total. The van der Waals surface area contributed by atoms with Crippen LogP contribution in [0.4, 0.5) is 4.39 Å². The van der Waals surface area contributed by atoms with Crippen LogP contribution >= 0.6 is 0 Å². The molecule has 22 heavy (non-hydrogen) atoms. The Morgan fingerprint density at radius 1 is 0.545 bits per heavy atom. The van der Waals surface area contributed by atoms with Crippen molar-refractivity contribution in [2.45, 2.75) is 19.8 Å². The van der Waals surface area contributed by atoms with E-state index in [0.717, 1.165) is 5.56 Å². The Kier molecular flexibility index (Phi) is 4.06. The zero-order valence-electron chi connectivity index (χ0n) is 12.9. The van der Waals surface area contributed by atoms with Crippen LogP contribution in [0.1, 0.15) is 33.7 Å². The van der Waals surface area contributed by atoms with Gasteiger partial charge in [0.1, 0.15) is 5.82 Å². The second-order valence-electron chi connectivity index (χ2n) is 5.81. The van der Waals surface area contributed by atoms with Crippen LogP contribution in [0, 0.1) is 19.7 Å². The van der Waals surface area contributed by atoms with Crippen LogP contribution in [0.3, 0.4) is 0 Å². The maximum Gasteiger partial charge on any atom is 0.123 e. The number of hydrogen-bond acceptors (Lipinski definition) is 0. The van der Waals surface area contributed by atoms with Gasteiger partial charge in [-0.15, -0.1) is 0 Å². The molecule has 3 aromatic rings. The Morgan fingerprint density at radius 3 is 1.23 bits per heavy atom. The van der Waals surface area contributed by atoms with Gasteiger partial charge in [-0.3, -0.25) is 0 Å². The number of aryl methyl sites for hydroxylation is 2. The van der Waals surface area contributed by atoms with Crippen LogP contribution < -0.4 is 0 Å². The summed E-state index contributed by atoms with van der Waals surface area (Å²) in [5.41, 5.74) is 6.03. The van der Waals surface area contributed by atoms with Crippen molar-refractivity contribution in [3.8, 4) is 0 Å². The topological polar surface area (TPSA) is 0 Å². The Labute approximate surface area is 131 Å². The smallest absolute Gasteiger partial charge is 0.123 e. The molecule has 3 aromatic carbocycles. The molecule has 0 saturated heterocycles. The molecule has 0 fully saturated rings. The van der Waals surface area contributed by atoms with Gasteiger partial charge >= 0.3 is 0 Å². The third-order valence-electron chi connectivity index (χ3n) is 4.02. The summed E-state index contributed by atoms with van der Waals surface area (Å²) in [7, 11) is 0. The van der Waals surface area contributed by atoms with Crippen LogP contribution in [0.15, 0.2) is 72.8 Å². The lowest BCUT2D eigenvalue weighted by Crippen LogP contribution is -2.03. The minimum Gasteiger partial charge on any atom is -0.207 e. The Bertz CT molecular complexity index is 629. The van der Waals surface area contributed by atoms with E-state index < -0.39 is 0 Å². The van der Waals surface area contributed by atoms with Gasteiger partial charge in [0.25, 0.3) is 0 Å². The summed E-state index contributed by atoms with van der Waals surface area (Å²) in [5, 5.41) is 0. The largest absolute Gasteiger partial charge is 0.207 e. The van der Waals surface area contributed by atoms with Crippen molar-refractivity contribution in [2.24, 2.45) is 0 Å². The molecule has 0 unspecified atom stereocenters. The van der Waals surface area contributed by atoms with Crippen LogP contribution in [0.2, 0.25) is 0 Å². The monoisotopic (exact) mass is 290 g/mol. The van der Waals surface area contributed by atoms with Gasteiger partial charge < -0.3 is 0 Å². The van der Waals surface area contributed by atoms with Gasteiger partial charge in [0.15, 0.2) is 0 Å². The standard InChI is InChI=1S/C21H19F/c1-15-3-7-17(8-4-15)21(18-9-5-16(2)6-10-18)19-11-13-20(22)14-12-19/h3-14,21H,1-2H3. The van der Waals surface area contributed by atoms with Crippen molar-refractivity contribution in [1.82, 2.24) is 0 Å². The summed E-state index contributed by atoms with van der Waals surface area (Å²) in [6, 6.07) is 23.9. The first-order chi connectivity index (χ1) is 10.6. The Morgan fingerprint density at radius 2 is 0.864 bits per heavy atom. The molecule has 0 aromatic heterocycles. The molecule has 0 heterocycles. The molecule has 0 bridgehead atoms. The molecule has 1 heteroatoms. The first kappa shape index (κ1) is 14.5. The van der Waals surface area contributed by atoms with Crippen molar-refractivity contribution >= 4 is 0 Å². The average molecular weight is 290 g/mol. The van der Waals surface area contributed by atoms with Gasteiger partial charge in [-0.25, -0.2) is 4.39 Å². The van der Waals surface area contributed by atoms with Crippen LogP contribution in [0.5, 0.6) is 0 Å². The maximum absolute atomic E-state index is 13.3. The lowest BCUT2D eigenvalue weighted by Gasteiger charge is -2.19. The van der Waals surface area contributed by atoms with Crippen LogP contribution in [0.25, 0.3) is 0 Å². The summed E-state index contributed by atoms with van der Waals surface area (Å²) >= 11 is 0. The van der Waals surface area contributed by atoms with E-state index in [2.05, 4.69) is 62.4 Å². The third kappa shape index (κ3) is 3.09. The zero-order valence-corrected chi connectivity index (χ0v) is 12.9. The molecule has 0 amide bonds. The normalized spacial score (nSPS) is 10.9. The van der Waals surface area contributed by atoms with Gasteiger partial charge in [-0.05, 0) is 42.7 Å². The highest BCUT2D eigenvalue weighted by Crippen LogP contribution is 2.32. The van der Waals surface area contributed by atoms with E-state index in [0.29, 0.717) is 0 Å². The van der Waals surface area contributed by atoms with E-state index in [4.69, 9.17) is 0 Å². The fraction of sp³-hybridized carbons (Fsp3) is 0.143. The van der Waals surface area contributed by atoms with Crippen LogP contribution in [-0.2, 0) is 0 Å². The van der Waals surface area contributed by atoms with E-state index in [9.17, 15) is 4.39 Å². The summed E-state index contributed by atoms with van der Waals surface area (Å²) in [4.78, 5) is 0. The lowest BCUT2D eigenvalue weighted by molar-refractivity contribution is 0.627. The second-order valence-corrected chi connectivity index (χ2v) is 5.81. The molecule has 3 rings (SSSR count). The minimum absolute atomic E-state index is 0.127. The fourth-order valence-electron chi connectivity index (χ4n) is 2.75.